The Kier molecular flexibility index (Phi) is 4.82. The maximum atomic E-state index is 11.8. The van der Waals surface area contributed by atoms with Gasteiger partial charge in [0.1, 0.15) is 0 Å². The first-order chi connectivity index (χ1) is 9.95. The van der Waals surface area contributed by atoms with Crippen molar-refractivity contribution >= 4 is 17.7 Å². The molecular formula is C14H22N4O3. The Bertz CT molecular complexity index is 518. The molecule has 2 rings (SSSR count). The third kappa shape index (κ3) is 4.21. The summed E-state index contributed by atoms with van der Waals surface area (Å²) in [7, 11) is 1.80. The van der Waals surface area contributed by atoms with Gasteiger partial charge in [-0.15, -0.1) is 0 Å². The maximum absolute atomic E-state index is 11.8. The van der Waals surface area contributed by atoms with Gasteiger partial charge in [0.25, 0.3) is 0 Å². The van der Waals surface area contributed by atoms with Crippen molar-refractivity contribution in [2.24, 2.45) is 18.9 Å². The second kappa shape index (κ2) is 6.60. The second-order valence-corrected chi connectivity index (χ2v) is 5.69. The molecule has 116 valence electrons. The van der Waals surface area contributed by atoms with Gasteiger partial charge in [0.15, 0.2) is 0 Å². The zero-order chi connectivity index (χ0) is 15.4. The number of carboxylic acids is 1. The van der Waals surface area contributed by atoms with Crippen molar-refractivity contribution in [1.29, 1.82) is 0 Å². The number of aryl methyl sites for hydroxylation is 2. The Morgan fingerprint density at radius 1 is 1.38 bits per heavy atom. The highest BCUT2D eigenvalue weighted by Crippen LogP contribution is 2.28. The first kappa shape index (κ1) is 15.3. The van der Waals surface area contributed by atoms with Crippen LogP contribution < -0.4 is 10.6 Å². The van der Waals surface area contributed by atoms with E-state index in [4.69, 9.17) is 5.11 Å². The normalized spacial score (nSPS) is 21.8. The standard InChI is InChI=1S/C14H22N4O3/c1-9-12(8-18(2)17-9)16-14(21)15-7-10-3-5-11(6-4-10)13(19)20/h8,10-11H,3-7H2,1-2H3,(H,19,20)(H2,15,16,21). The Morgan fingerprint density at radius 2 is 2.05 bits per heavy atom. The van der Waals surface area contributed by atoms with Crippen LogP contribution in [0.25, 0.3) is 0 Å². The fourth-order valence-corrected chi connectivity index (χ4v) is 2.74. The molecule has 0 unspecified atom stereocenters. The predicted molar refractivity (Wildman–Crippen MR) is 78.1 cm³/mol. The summed E-state index contributed by atoms with van der Waals surface area (Å²) >= 11 is 0. The van der Waals surface area contributed by atoms with E-state index in [1.807, 2.05) is 6.92 Å². The summed E-state index contributed by atoms with van der Waals surface area (Å²) in [5.41, 5.74) is 1.47. The van der Waals surface area contributed by atoms with E-state index >= 15 is 0 Å². The highest BCUT2D eigenvalue weighted by molar-refractivity contribution is 5.89. The van der Waals surface area contributed by atoms with E-state index in [1.165, 1.54) is 0 Å². The van der Waals surface area contributed by atoms with Crippen LogP contribution in [0.1, 0.15) is 31.4 Å². The van der Waals surface area contributed by atoms with Crippen LogP contribution in [0.4, 0.5) is 10.5 Å². The van der Waals surface area contributed by atoms with Crippen LogP contribution >= 0.6 is 0 Å². The van der Waals surface area contributed by atoms with Crippen molar-refractivity contribution in [3.63, 3.8) is 0 Å². The SMILES string of the molecule is Cc1nn(C)cc1NC(=O)NCC1CCC(C(=O)O)CC1. The Labute approximate surface area is 123 Å². The molecule has 1 aliphatic carbocycles. The van der Waals surface area contributed by atoms with Crippen molar-refractivity contribution in [2.45, 2.75) is 32.6 Å². The number of urea groups is 1. The van der Waals surface area contributed by atoms with E-state index in [1.54, 1.807) is 17.9 Å². The highest BCUT2D eigenvalue weighted by Gasteiger charge is 2.26. The number of rotatable bonds is 4. The summed E-state index contributed by atoms with van der Waals surface area (Å²) in [5.74, 6) is -0.555. The van der Waals surface area contributed by atoms with Gasteiger partial charge in [-0.1, -0.05) is 0 Å². The van der Waals surface area contributed by atoms with Gasteiger partial charge in [-0.2, -0.15) is 5.10 Å². The average Bonchev–Trinajstić information content (AvgIpc) is 2.75. The quantitative estimate of drug-likeness (QED) is 0.788. The molecule has 0 aromatic carbocycles. The lowest BCUT2D eigenvalue weighted by atomic mass is 9.82. The molecule has 0 spiro atoms. The van der Waals surface area contributed by atoms with Crippen molar-refractivity contribution in [3.05, 3.63) is 11.9 Å². The Balaban J connectivity index is 1.72. The van der Waals surface area contributed by atoms with Crippen molar-refractivity contribution in [3.8, 4) is 0 Å². The number of carbonyl (C=O) groups excluding carboxylic acids is 1. The fraction of sp³-hybridized carbons (Fsp3) is 0.643. The molecule has 7 nitrogen and oxygen atoms in total. The molecule has 0 radical (unpaired) electrons. The summed E-state index contributed by atoms with van der Waals surface area (Å²) in [5, 5.41) is 18.7. The largest absolute Gasteiger partial charge is 0.481 e. The second-order valence-electron chi connectivity index (χ2n) is 5.69. The molecule has 0 saturated heterocycles. The topological polar surface area (TPSA) is 96.3 Å². The lowest BCUT2D eigenvalue weighted by Gasteiger charge is -2.26. The zero-order valence-corrected chi connectivity index (χ0v) is 12.4. The van der Waals surface area contributed by atoms with Crippen LogP contribution in [0, 0.1) is 18.8 Å². The lowest BCUT2D eigenvalue weighted by Crippen LogP contribution is -2.35. The third-order valence-corrected chi connectivity index (χ3v) is 4.01. The minimum absolute atomic E-state index is 0.215. The molecule has 1 aromatic heterocycles. The van der Waals surface area contributed by atoms with Gasteiger partial charge in [0.2, 0.25) is 0 Å². The van der Waals surface area contributed by atoms with Gasteiger partial charge in [0.05, 0.1) is 17.3 Å². The van der Waals surface area contributed by atoms with E-state index in [0.29, 0.717) is 31.0 Å². The number of nitrogens with zero attached hydrogens (tertiary/aromatic N) is 2. The van der Waals surface area contributed by atoms with Gasteiger partial charge < -0.3 is 15.7 Å². The Morgan fingerprint density at radius 3 is 2.57 bits per heavy atom. The van der Waals surface area contributed by atoms with E-state index in [-0.39, 0.29) is 11.9 Å². The molecule has 0 atom stereocenters. The number of anilines is 1. The minimum Gasteiger partial charge on any atom is -0.481 e. The monoisotopic (exact) mass is 294 g/mol. The lowest BCUT2D eigenvalue weighted by molar-refractivity contribution is -0.143. The maximum Gasteiger partial charge on any atom is 0.319 e. The van der Waals surface area contributed by atoms with E-state index in [2.05, 4.69) is 15.7 Å². The first-order valence-corrected chi connectivity index (χ1v) is 7.23. The molecule has 1 saturated carbocycles. The smallest absolute Gasteiger partial charge is 0.319 e. The van der Waals surface area contributed by atoms with Crippen LogP contribution in [-0.4, -0.2) is 33.4 Å². The molecule has 0 aliphatic heterocycles. The van der Waals surface area contributed by atoms with E-state index in [0.717, 1.165) is 18.5 Å². The van der Waals surface area contributed by atoms with Gasteiger partial charge in [0, 0.05) is 19.8 Å². The van der Waals surface area contributed by atoms with Gasteiger partial charge >= 0.3 is 12.0 Å². The number of aliphatic carboxylic acids is 1. The van der Waals surface area contributed by atoms with Crippen LogP contribution in [0.15, 0.2) is 6.20 Å². The average molecular weight is 294 g/mol. The molecular weight excluding hydrogens is 272 g/mol. The number of hydrogen-bond acceptors (Lipinski definition) is 3. The molecule has 7 heteroatoms. The summed E-state index contributed by atoms with van der Waals surface area (Å²) in [6.07, 6.45) is 4.86. The van der Waals surface area contributed by atoms with Crippen molar-refractivity contribution in [1.82, 2.24) is 15.1 Å². The van der Waals surface area contributed by atoms with E-state index < -0.39 is 5.97 Å². The molecule has 1 fully saturated rings. The number of hydrogen-bond donors (Lipinski definition) is 3. The number of carboxylic acid groups (broad SMARTS) is 1. The van der Waals surface area contributed by atoms with Gasteiger partial charge in [-0.25, -0.2) is 4.79 Å². The summed E-state index contributed by atoms with van der Waals surface area (Å²) in [4.78, 5) is 22.7. The molecule has 21 heavy (non-hydrogen) atoms. The van der Waals surface area contributed by atoms with Gasteiger partial charge in [-0.05, 0) is 38.5 Å². The first-order valence-electron chi connectivity index (χ1n) is 7.23. The molecule has 1 heterocycles. The molecule has 1 aliphatic rings. The van der Waals surface area contributed by atoms with Crippen LogP contribution in [0.3, 0.4) is 0 Å². The minimum atomic E-state index is -0.703. The zero-order valence-electron chi connectivity index (χ0n) is 12.4. The number of carbonyl (C=O) groups is 2. The molecule has 0 bridgehead atoms. The summed E-state index contributed by atoms with van der Waals surface area (Å²) in [6.45, 7) is 2.42. The molecule has 1 aromatic rings. The predicted octanol–water partition coefficient (Wildman–Crippen LogP) is 1.74. The third-order valence-electron chi connectivity index (χ3n) is 4.01. The summed E-state index contributed by atoms with van der Waals surface area (Å²) < 4.78 is 1.65. The molecule has 2 amide bonds. The fourth-order valence-electron chi connectivity index (χ4n) is 2.74. The summed E-state index contributed by atoms with van der Waals surface area (Å²) in [6, 6.07) is -0.244. The highest BCUT2D eigenvalue weighted by atomic mass is 16.4. The van der Waals surface area contributed by atoms with Crippen LogP contribution in [-0.2, 0) is 11.8 Å². The van der Waals surface area contributed by atoms with Crippen molar-refractivity contribution < 1.29 is 14.7 Å². The Hall–Kier alpha value is -2.05. The van der Waals surface area contributed by atoms with Crippen LogP contribution in [0.5, 0.6) is 0 Å². The number of amides is 2. The van der Waals surface area contributed by atoms with E-state index in [9.17, 15) is 9.59 Å². The van der Waals surface area contributed by atoms with Gasteiger partial charge in [-0.3, -0.25) is 9.48 Å². The number of aromatic nitrogens is 2. The van der Waals surface area contributed by atoms with Crippen LogP contribution in [0.2, 0.25) is 0 Å². The number of nitrogens with one attached hydrogen (secondary N) is 2. The molecule has 3 N–H and O–H groups in total. The van der Waals surface area contributed by atoms with Crippen molar-refractivity contribution in [2.75, 3.05) is 11.9 Å².